The van der Waals surface area contributed by atoms with Crippen molar-refractivity contribution in [2.75, 3.05) is 26.4 Å². The summed E-state index contributed by atoms with van der Waals surface area (Å²) in [5, 5.41) is 0. The molecule has 0 aromatic carbocycles. The molecule has 5 heteroatoms. The highest BCUT2D eigenvalue weighted by atomic mass is 16.6. The van der Waals surface area contributed by atoms with Crippen LogP contribution in [-0.2, 0) is 23.8 Å². The molecular weight excluding hydrogens is 416 g/mol. The number of unbranched alkanes of at least 4 members (excludes halogenated alkanes) is 18. The van der Waals surface area contributed by atoms with E-state index >= 15 is 0 Å². The number of esters is 2. The smallest absolute Gasteiger partial charge is 0.332 e. The summed E-state index contributed by atoms with van der Waals surface area (Å²) in [6, 6.07) is 0. The van der Waals surface area contributed by atoms with Crippen LogP contribution in [0.25, 0.3) is 0 Å². The molecule has 33 heavy (non-hydrogen) atoms. The third-order valence-corrected chi connectivity index (χ3v) is 5.96. The normalized spacial score (nSPS) is 11.0. The second-order valence-corrected chi connectivity index (χ2v) is 9.30. The van der Waals surface area contributed by atoms with Gasteiger partial charge in [-0.1, -0.05) is 129 Å². The molecule has 0 bridgehead atoms. The lowest BCUT2D eigenvalue weighted by Crippen LogP contribution is -2.19. The fraction of sp³-hybridized carbons (Fsp3) is 0.929. The minimum absolute atomic E-state index is 0.189. The molecule has 0 spiro atoms. The van der Waals surface area contributed by atoms with E-state index in [1.54, 1.807) is 0 Å². The molecule has 0 atom stereocenters. The number of hydrogen-bond acceptors (Lipinski definition) is 5. The van der Waals surface area contributed by atoms with E-state index in [0.29, 0.717) is 13.2 Å². The van der Waals surface area contributed by atoms with E-state index in [2.05, 4.69) is 13.8 Å². The van der Waals surface area contributed by atoms with Crippen LogP contribution in [0.2, 0.25) is 0 Å². The van der Waals surface area contributed by atoms with E-state index in [4.69, 9.17) is 14.2 Å². The van der Waals surface area contributed by atoms with Crippen molar-refractivity contribution in [3.63, 3.8) is 0 Å². The van der Waals surface area contributed by atoms with Gasteiger partial charge in [-0.05, 0) is 12.8 Å². The molecule has 0 radical (unpaired) electrons. The van der Waals surface area contributed by atoms with Crippen LogP contribution in [0.4, 0.5) is 0 Å². The van der Waals surface area contributed by atoms with E-state index in [-0.39, 0.29) is 13.2 Å². The van der Waals surface area contributed by atoms with Crippen molar-refractivity contribution >= 4 is 11.9 Å². The van der Waals surface area contributed by atoms with Gasteiger partial charge in [0.2, 0.25) is 0 Å². The van der Waals surface area contributed by atoms with E-state index < -0.39 is 11.9 Å². The lowest BCUT2D eigenvalue weighted by molar-refractivity contribution is -0.155. The zero-order valence-electron chi connectivity index (χ0n) is 22.0. The fourth-order valence-electron chi connectivity index (χ4n) is 3.85. The van der Waals surface area contributed by atoms with Gasteiger partial charge in [-0.2, -0.15) is 0 Å². The maximum Gasteiger partial charge on any atom is 0.332 e. The quantitative estimate of drug-likeness (QED) is 0.0948. The fourth-order valence-corrected chi connectivity index (χ4v) is 3.85. The predicted molar refractivity (Wildman–Crippen MR) is 136 cm³/mol. The Balaban J connectivity index is 3.29. The molecule has 196 valence electrons. The molecule has 0 rings (SSSR count). The van der Waals surface area contributed by atoms with E-state index in [0.717, 1.165) is 25.7 Å². The van der Waals surface area contributed by atoms with Crippen molar-refractivity contribution in [3.8, 4) is 0 Å². The van der Waals surface area contributed by atoms with Crippen LogP contribution in [0, 0.1) is 0 Å². The Kier molecular flexibility index (Phi) is 26.2. The molecule has 0 aromatic rings. The standard InChI is InChI=1S/C28H54O5/c1-3-5-7-9-11-13-15-17-19-21-23-32-27(29)25-31-26-28(30)33-24-22-20-18-16-14-12-10-8-6-4-2/h3-26H2,1-2H3. The van der Waals surface area contributed by atoms with Crippen molar-refractivity contribution < 1.29 is 23.8 Å². The minimum Gasteiger partial charge on any atom is -0.464 e. The Morgan fingerprint density at radius 2 is 0.697 bits per heavy atom. The lowest BCUT2D eigenvalue weighted by Gasteiger charge is -2.07. The molecule has 0 aliphatic rings. The van der Waals surface area contributed by atoms with E-state index in [1.165, 1.54) is 103 Å². The number of hydrogen-bond donors (Lipinski definition) is 0. The summed E-state index contributed by atoms with van der Waals surface area (Å²) in [7, 11) is 0. The summed E-state index contributed by atoms with van der Waals surface area (Å²) in [5.41, 5.74) is 0. The number of carbonyl (C=O) groups excluding carboxylic acids is 2. The molecule has 0 heterocycles. The Morgan fingerprint density at radius 1 is 0.424 bits per heavy atom. The van der Waals surface area contributed by atoms with Crippen LogP contribution in [0.3, 0.4) is 0 Å². The first-order chi connectivity index (χ1) is 16.2. The molecule has 0 N–H and O–H groups in total. The largest absolute Gasteiger partial charge is 0.464 e. The van der Waals surface area contributed by atoms with Gasteiger partial charge in [0.05, 0.1) is 13.2 Å². The average molecular weight is 471 g/mol. The number of carbonyl (C=O) groups is 2. The summed E-state index contributed by atoms with van der Waals surface area (Å²) in [6.07, 6.45) is 25.0. The summed E-state index contributed by atoms with van der Waals surface area (Å²) in [4.78, 5) is 23.3. The van der Waals surface area contributed by atoms with E-state index in [1.807, 2.05) is 0 Å². The van der Waals surface area contributed by atoms with Gasteiger partial charge < -0.3 is 14.2 Å². The van der Waals surface area contributed by atoms with Gasteiger partial charge in [0, 0.05) is 0 Å². The number of rotatable bonds is 26. The van der Waals surface area contributed by atoms with Gasteiger partial charge in [0.15, 0.2) is 0 Å². The Morgan fingerprint density at radius 3 is 1.00 bits per heavy atom. The molecule has 0 aliphatic heterocycles. The van der Waals surface area contributed by atoms with Gasteiger partial charge in [-0.15, -0.1) is 0 Å². The summed E-state index contributed by atoms with van der Waals surface area (Å²) >= 11 is 0. The highest BCUT2D eigenvalue weighted by molar-refractivity contribution is 5.73. The topological polar surface area (TPSA) is 61.8 Å². The van der Waals surface area contributed by atoms with Crippen LogP contribution in [-0.4, -0.2) is 38.4 Å². The Labute approximate surface area is 204 Å². The van der Waals surface area contributed by atoms with Gasteiger partial charge in [0.25, 0.3) is 0 Å². The zero-order chi connectivity index (χ0) is 24.2. The van der Waals surface area contributed by atoms with Crippen molar-refractivity contribution in [2.24, 2.45) is 0 Å². The molecule has 0 aromatic heterocycles. The molecule has 0 saturated carbocycles. The van der Waals surface area contributed by atoms with Crippen LogP contribution in [0.1, 0.15) is 142 Å². The van der Waals surface area contributed by atoms with E-state index in [9.17, 15) is 9.59 Å². The lowest BCUT2D eigenvalue weighted by atomic mass is 10.1. The van der Waals surface area contributed by atoms with Gasteiger partial charge >= 0.3 is 11.9 Å². The monoisotopic (exact) mass is 470 g/mol. The van der Waals surface area contributed by atoms with Gasteiger partial charge in [-0.3, -0.25) is 0 Å². The highest BCUT2D eigenvalue weighted by Gasteiger charge is 2.07. The first-order valence-electron chi connectivity index (χ1n) is 14.1. The first kappa shape index (κ1) is 31.9. The van der Waals surface area contributed by atoms with Crippen molar-refractivity contribution in [3.05, 3.63) is 0 Å². The molecule has 0 fully saturated rings. The second kappa shape index (κ2) is 27.1. The molecule has 0 unspecified atom stereocenters. The molecule has 0 saturated heterocycles. The molecule has 5 nitrogen and oxygen atoms in total. The molecule has 0 aliphatic carbocycles. The summed E-state index contributed by atoms with van der Waals surface area (Å²) < 4.78 is 15.4. The van der Waals surface area contributed by atoms with Gasteiger partial charge in [-0.25, -0.2) is 9.59 Å². The molecular formula is C28H54O5. The third kappa shape index (κ3) is 27.0. The second-order valence-electron chi connectivity index (χ2n) is 9.30. The predicted octanol–water partition coefficient (Wildman–Crippen LogP) is 7.93. The zero-order valence-corrected chi connectivity index (χ0v) is 22.0. The maximum absolute atomic E-state index is 11.6. The maximum atomic E-state index is 11.6. The Bertz CT molecular complexity index is 387. The highest BCUT2D eigenvalue weighted by Crippen LogP contribution is 2.11. The SMILES string of the molecule is CCCCCCCCCCCCOC(=O)COCC(=O)OCCCCCCCCCCCC. The summed E-state index contributed by atoms with van der Waals surface area (Å²) in [6.45, 7) is 4.97. The van der Waals surface area contributed by atoms with Crippen molar-refractivity contribution in [2.45, 2.75) is 142 Å². The van der Waals surface area contributed by atoms with Crippen molar-refractivity contribution in [1.82, 2.24) is 0 Å². The third-order valence-electron chi connectivity index (χ3n) is 5.96. The number of ether oxygens (including phenoxy) is 3. The van der Waals surface area contributed by atoms with Gasteiger partial charge in [0.1, 0.15) is 13.2 Å². The van der Waals surface area contributed by atoms with Crippen molar-refractivity contribution in [1.29, 1.82) is 0 Å². The molecule has 0 amide bonds. The van der Waals surface area contributed by atoms with Crippen LogP contribution < -0.4 is 0 Å². The van der Waals surface area contributed by atoms with Crippen LogP contribution in [0.5, 0.6) is 0 Å². The minimum atomic E-state index is -0.409. The average Bonchev–Trinajstić information content (AvgIpc) is 2.81. The first-order valence-corrected chi connectivity index (χ1v) is 14.1. The Hall–Kier alpha value is -1.10. The van der Waals surface area contributed by atoms with Crippen LogP contribution in [0.15, 0.2) is 0 Å². The van der Waals surface area contributed by atoms with Crippen LogP contribution >= 0.6 is 0 Å². The summed E-state index contributed by atoms with van der Waals surface area (Å²) in [5.74, 6) is -0.818.